The molecule has 0 aliphatic rings. The standard InChI is InChI=1S/C17H22N6OS/c1-22(10-15-21-13-7-3-4-8-14(13)23(15)2)17(24)19-9-5-6-12-11-25-16(18)20-12/h3-4,7-8,11H,5-6,9-10H2,1-2H3,(H2,18,20)(H,19,24). The van der Waals surface area contributed by atoms with E-state index in [4.69, 9.17) is 5.73 Å². The maximum Gasteiger partial charge on any atom is 0.317 e. The van der Waals surface area contributed by atoms with E-state index >= 15 is 0 Å². The summed E-state index contributed by atoms with van der Waals surface area (Å²) in [5, 5.41) is 5.47. The van der Waals surface area contributed by atoms with Crippen LogP contribution in [0.25, 0.3) is 11.0 Å². The van der Waals surface area contributed by atoms with Gasteiger partial charge in [-0.15, -0.1) is 11.3 Å². The van der Waals surface area contributed by atoms with E-state index < -0.39 is 0 Å². The first kappa shape index (κ1) is 17.2. The third kappa shape index (κ3) is 4.08. The van der Waals surface area contributed by atoms with Crippen LogP contribution < -0.4 is 11.1 Å². The van der Waals surface area contributed by atoms with Crippen LogP contribution in [0.3, 0.4) is 0 Å². The average Bonchev–Trinajstić information content (AvgIpc) is 3.15. The van der Waals surface area contributed by atoms with Crippen molar-refractivity contribution in [2.24, 2.45) is 7.05 Å². The maximum atomic E-state index is 12.2. The molecule has 0 atom stereocenters. The number of rotatable bonds is 6. The van der Waals surface area contributed by atoms with E-state index in [0.717, 1.165) is 35.4 Å². The Labute approximate surface area is 150 Å². The lowest BCUT2D eigenvalue weighted by Gasteiger charge is -2.17. The maximum absolute atomic E-state index is 12.2. The quantitative estimate of drug-likeness (QED) is 0.662. The van der Waals surface area contributed by atoms with Crippen LogP contribution in [-0.2, 0) is 20.0 Å². The third-order valence-electron chi connectivity index (χ3n) is 4.06. The number of nitrogens with two attached hydrogens (primary N) is 1. The number of nitrogens with zero attached hydrogens (tertiary/aromatic N) is 4. The summed E-state index contributed by atoms with van der Waals surface area (Å²) in [6.45, 7) is 1.06. The lowest BCUT2D eigenvalue weighted by atomic mass is 10.2. The minimum Gasteiger partial charge on any atom is -0.375 e. The van der Waals surface area contributed by atoms with Gasteiger partial charge in [0, 0.05) is 26.0 Å². The summed E-state index contributed by atoms with van der Waals surface area (Å²) in [5.74, 6) is 0.858. The van der Waals surface area contributed by atoms with Gasteiger partial charge < -0.3 is 20.5 Å². The molecular formula is C17H22N6OS. The highest BCUT2D eigenvalue weighted by molar-refractivity contribution is 7.13. The SMILES string of the molecule is CN(Cc1nc2ccccc2n1C)C(=O)NCCCc1csc(N)n1. The zero-order valence-electron chi connectivity index (χ0n) is 14.4. The molecule has 8 heteroatoms. The second-order valence-electron chi connectivity index (χ2n) is 5.94. The van der Waals surface area contributed by atoms with Gasteiger partial charge in [-0.2, -0.15) is 0 Å². The number of imidazole rings is 1. The number of carbonyl (C=O) groups excluding carboxylic acids is 1. The molecule has 25 heavy (non-hydrogen) atoms. The number of anilines is 1. The first-order valence-electron chi connectivity index (χ1n) is 8.14. The Balaban J connectivity index is 1.49. The van der Waals surface area contributed by atoms with Gasteiger partial charge in [0.25, 0.3) is 0 Å². The molecule has 7 nitrogen and oxygen atoms in total. The molecule has 1 aromatic carbocycles. The summed E-state index contributed by atoms with van der Waals surface area (Å²) >= 11 is 1.44. The molecule has 3 rings (SSSR count). The van der Waals surface area contributed by atoms with Gasteiger partial charge in [0.1, 0.15) is 5.82 Å². The Kier molecular flexibility index (Phi) is 5.18. The van der Waals surface area contributed by atoms with Crippen LogP contribution in [0.4, 0.5) is 9.93 Å². The molecule has 0 saturated heterocycles. The van der Waals surface area contributed by atoms with E-state index in [1.54, 1.807) is 11.9 Å². The number of urea groups is 1. The van der Waals surface area contributed by atoms with Crippen molar-refractivity contribution in [1.82, 2.24) is 24.8 Å². The van der Waals surface area contributed by atoms with Gasteiger partial charge in [-0.25, -0.2) is 14.8 Å². The van der Waals surface area contributed by atoms with E-state index in [1.165, 1.54) is 11.3 Å². The predicted octanol–water partition coefficient (Wildman–Crippen LogP) is 2.39. The molecule has 0 saturated carbocycles. The van der Waals surface area contributed by atoms with Gasteiger partial charge in [0.05, 0.1) is 23.3 Å². The number of amides is 2. The number of hydrogen-bond acceptors (Lipinski definition) is 5. The Morgan fingerprint density at radius 2 is 2.16 bits per heavy atom. The molecule has 3 N–H and O–H groups in total. The van der Waals surface area contributed by atoms with Gasteiger partial charge in [0.2, 0.25) is 0 Å². The third-order valence-corrected chi connectivity index (χ3v) is 4.78. The van der Waals surface area contributed by atoms with Crippen molar-refractivity contribution in [2.75, 3.05) is 19.3 Å². The highest BCUT2D eigenvalue weighted by Gasteiger charge is 2.13. The number of nitrogens with one attached hydrogen (secondary N) is 1. The van der Waals surface area contributed by atoms with E-state index in [-0.39, 0.29) is 6.03 Å². The first-order valence-corrected chi connectivity index (χ1v) is 9.01. The van der Waals surface area contributed by atoms with E-state index in [2.05, 4.69) is 15.3 Å². The van der Waals surface area contributed by atoms with E-state index in [9.17, 15) is 4.79 Å². The summed E-state index contributed by atoms with van der Waals surface area (Å²) in [7, 11) is 3.74. The molecular weight excluding hydrogens is 336 g/mol. The van der Waals surface area contributed by atoms with Crippen LogP contribution >= 0.6 is 11.3 Å². The second-order valence-corrected chi connectivity index (χ2v) is 6.83. The average molecular weight is 358 g/mol. The van der Waals surface area contributed by atoms with Crippen molar-refractivity contribution in [3.63, 3.8) is 0 Å². The van der Waals surface area contributed by atoms with Gasteiger partial charge >= 0.3 is 6.03 Å². The highest BCUT2D eigenvalue weighted by Crippen LogP contribution is 2.15. The van der Waals surface area contributed by atoms with Crippen LogP contribution in [0.15, 0.2) is 29.6 Å². The van der Waals surface area contributed by atoms with Crippen molar-refractivity contribution < 1.29 is 4.79 Å². The Bertz CT molecular complexity index is 871. The fraction of sp³-hybridized carbons (Fsp3) is 0.353. The van der Waals surface area contributed by atoms with Gasteiger partial charge in [0.15, 0.2) is 5.13 Å². The fourth-order valence-corrected chi connectivity index (χ4v) is 3.26. The predicted molar refractivity (Wildman–Crippen MR) is 100 cm³/mol. The number of hydrogen-bond donors (Lipinski definition) is 2. The minimum absolute atomic E-state index is 0.107. The molecule has 2 amide bonds. The monoisotopic (exact) mass is 358 g/mol. The van der Waals surface area contributed by atoms with E-state index in [0.29, 0.717) is 18.2 Å². The first-order chi connectivity index (χ1) is 12.0. The molecule has 0 bridgehead atoms. The Morgan fingerprint density at radius 1 is 1.36 bits per heavy atom. The van der Waals surface area contributed by atoms with E-state index in [1.807, 2.05) is 41.3 Å². The number of thiazole rings is 1. The summed E-state index contributed by atoms with van der Waals surface area (Å²) in [4.78, 5) is 22.7. The van der Waals surface area contributed by atoms with Gasteiger partial charge in [-0.3, -0.25) is 0 Å². The van der Waals surface area contributed by atoms with Crippen LogP contribution in [0.2, 0.25) is 0 Å². The molecule has 0 unspecified atom stereocenters. The second kappa shape index (κ2) is 7.52. The van der Waals surface area contributed by atoms with Crippen molar-refractivity contribution in [3.05, 3.63) is 41.2 Å². The normalized spacial score (nSPS) is 11.0. The Morgan fingerprint density at radius 3 is 2.88 bits per heavy atom. The largest absolute Gasteiger partial charge is 0.375 e. The molecule has 2 heterocycles. The number of aryl methyl sites for hydroxylation is 2. The van der Waals surface area contributed by atoms with Crippen molar-refractivity contribution in [3.8, 4) is 0 Å². The van der Waals surface area contributed by atoms with Crippen molar-refractivity contribution >= 4 is 33.5 Å². The molecule has 0 radical (unpaired) electrons. The van der Waals surface area contributed by atoms with Gasteiger partial charge in [-0.05, 0) is 25.0 Å². The van der Waals surface area contributed by atoms with Crippen LogP contribution in [-0.4, -0.2) is 39.1 Å². The molecule has 0 spiro atoms. The molecule has 132 valence electrons. The zero-order chi connectivity index (χ0) is 17.8. The topological polar surface area (TPSA) is 89.1 Å². The van der Waals surface area contributed by atoms with Gasteiger partial charge in [-0.1, -0.05) is 12.1 Å². The molecule has 0 aliphatic carbocycles. The number of carbonyl (C=O) groups is 1. The summed E-state index contributed by atoms with van der Waals surface area (Å²) in [6, 6.07) is 7.84. The lowest BCUT2D eigenvalue weighted by Crippen LogP contribution is -2.37. The number of benzene rings is 1. The summed E-state index contributed by atoms with van der Waals surface area (Å²) < 4.78 is 2.02. The lowest BCUT2D eigenvalue weighted by molar-refractivity contribution is 0.205. The minimum atomic E-state index is -0.107. The summed E-state index contributed by atoms with van der Waals surface area (Å²) in [6.07, 6.45) is 1.64. The fourth-order valence-electron chi connectivity index (χ4n) is 2.66. The van der Waals surface area contributed by atoms with Crippen LogP contribution in [0, 0.1) is 0 Å². The number of nitrogen functional groups attached to an aromatic ring is 1. The van der Waals surface area contributed by atoms with Crippen LogP contribution in [0.5, 0.6) is 0 Å². The number of para-hydroxylation sites is 2. The number of fused-ring (bicyclic) bond motifs is 1. The molecule has 3 aromatic rings. The number of aromatic nitrogens is 3. The highest BCUT2D eigenvalue weighted by atomic mass is 32.1. The molecule has 0 fully saturated rings. The zero-order valence-corrected chi connectivity index (χ0v) is 15.2. The van der Waals surface area contributed by atoms with Crippen molar-refractivity contribution in [2.45, 2.75) is 19.4 Å². The summed E-state index contributed by atoms with van der Waals surface area (Å²) in [5.41, 5.74) is 8.59. The van der Waals surface area contributed by atoms with Crippen molar-refractivity contribution in [1.29, 1.82) is 0 Å². The smallest absolute Gasteiger partial charge is 0.317 e. The van der Waals surface area contributed by atoms with Crippen LogP contribution in [0.1, 0.15) is 17.9 Å². The molecule has 2 aromatic heterocycles. The molecule has 0 aliphatic heterocycles. The Hall–Kier alpha value is -2.61.